The molecule has 0 radical (unpaired) electrons. The summed E-state index contributed by atoms with van der Waals surface area (Å²) < 4.78 is 11.4. The Morgan fingerprint density at radius 1 is 1.35 bits per heavy atom. The van der Waals surface area contributed by atoms with Crippen LogP contribution in [0.2, 0.25) is 5.28 Å². The largest absolute Gasteiger partial charge is 0.349 e. The van der Waals surface area contributed by atoms with Gasteiger partial charge in [-0.3, -0.25) is 14.3 Å². The highest BCUT2D eigenvalue weighted by Crippen LogP contribution is 2.34. The highest BCUT2D eigenvalue weighted by molar-refractivity contribution is 7.85. The van der Waals surface area contributed by atoms with Crippen molar-refractivity contribution in [3.8, 4) is 0 Å². The molecule has 0 aliphatic carbocycles. The molecule has 20 heavy (non-hydrogen) atoms. The first-order valence-corrected chi connectivity index (χ1v) is 8.08. The normalized spacial score (nSPS) is 16.7. The standard InChI is InChI=1S/C11H15ClN4O3S/c1-7(2)8-9(16(17)18)10(14-11(12)13-8)15-3-5-20(19)6-4-15/h7H,3-6H2,1-2H3. The van der Waals surface area contributed by atoms with E-state index in [0.29, 0.717) is 30.3 Å². The van der Waals surface area contributed by atoms with E-state index in [-0.39, 0.29) is 22.7 Å². The molecule has 1 aromatic rings. The van der Waals surface area contributed by atoms with E-state index >= 15 is 0 Å². The Bertz CT molecular complexity index is 557. The summed E-state index contributed by atoms with van der Waals surface area (Å²) in [4.78, 5) is 20.7. The van der Waals surface area contributed by atoms with Gasteiger partial charge in [0.05, 0.1) is 4.92 Å². The van der Waals surface area contributed by atoms with Crippen LogP contribution in [0.3, 0.4) is 0 Å². The van der Waals surface area contributed by atoms with E-state index in [0.717, 1.165) is 0 Å². The second kappa shape index (κ2) is 6.01. The van der Waals surface area contributed by atoms with Gasteiger partial charge in [0.25, 0.3) is 0 Å². The van der Waals surface area contributed by atoms with Gasteiger partial charge in [0.2, 0.25) is 11.1 Å². The maximum Gasteiger partial charge on any atom is 0.333 e. The minimum Gasteiger partial charge on any atom is -0.349 e. The Kier molecular flexibility index (Phi) is 4.54. The van der Waals surface area contributed by atoms with Crippen molar-refractivity contribution in [3.05, 3.63) is 21.1 Å². The Balaban J connectivity index is 2.50. The van der Waals surface area contributed by atoms with E-state index < -0.39 is 15.7 Å². The van der Waals surface area contributed by atoms with Crippen LogP contribution in [-0.4, -0.2) is 43.7 Å². The van der Waals surface area contributed by atoms with Gasteiger partial charge in [0.1, 0.15) is 5.69 Å². The second-order valence-corrected chi connectivity index (χ2v) is 6.83. The van der Waals surface area contributed by atoms with Crippen LogP contribution in [0.4, 0.5) is 11.5 Å². The number of halogens is 1. The fourth-order valence-corrected chi connectivity index (χ4v) is 3.30. The van der Waals surface area contributed by atoms with Crippen molar-refractivity contribution in [2.45, 2.75) is 19.8 Å². The average Bonchev–Trinajstić information content (AvgIpc) is 2.38. The van der Waals surface area contributed by atoms with Crippen molar-refractivity contribution in [2.75, 3.05) is 29.5 Å². The zero-order valence-corrected chi connectivity index (χ0v) is 12.8. The van der Waals surface area contributed by atoms with Crippen LogP contribution in [0, 0.1) is 10.1 Å². The van der Waals surface area contributed by atoms with E-state index in [4.69, 9.17) is 11.6 Å². The van der Waals surface area contributed by atoms with Gasteiger partial charge in [-0.25, -0.2) is 4.98 Å². The summed E-state index contributed by atoms with van der Waals surface area (Å²) in [5, 5.41) is 11.4. The number of rotatable bonds is 3. The zero-order valence-electron chi connectivity index (χ0n) is 11.2. The lowest BCUT2D eigenvalue weighted by molar-refractivity contribution is -0.385. The first-order chi connectivity index (χ1) is 9.40. The number of nitrogens with zero attached hydrogens (tertiary/aromatic N) is 4. The average molecular weight is 319 g/mol. The Labute approximate surface area is 124 Å². The molecule has 0 bridgehead atoms. The van der Waals surface area contributed by atoms with Crippen molar-refractivity contribution in [3.63, 3.8) is 0 Å². The molecule has 1 saturated heterocycles. The molecule has 0 spiro atoms. The van der Waals surface area contributed by atoms with Crippen molar-refractivity contribution in [2.24, 2.45) is 0 Å². The molecule has 9 heteroatoms. The lowest BCUT2D eigenvalue weighted by Crippen LogP contribution is -2.38. The second-order valence-electron chi connectivity index (χ2n) is 4.80. The molecule has 1 aromatic heterocycles. The van der Waals surface area contributed by atoms with Gasteiger partial charge in [-0.1, -0.05) is 13.8 Å². The van der Waals surface area contributed by atoms with Gasteiger partial charge in [-0.15, -0.1) is 0 Å². The monoisotopic (exact) mass is 318 g/mol. The number of hydrogen-bond donors (Lipinski definition) is 0. The lowest BCUT2D eigenvalue weighted by Gasteiger charge is -2.27. The first-order valence-electron chi connectivity index (χ1n) is 6.22. The van der Waals surface area contributed by atoms with Gasteiger partial charge in [0.15, 0.2) is 0 Å². The van der Waals surface area contributed by atoms with Crippen molar-refractivity contribution in [1.82, 2.24) is 9.97 Å². The molecule has 0 unspecified atom stereocenters. The SMILES string of the molecule is CC(C)c1nc(Cl)nc(N2CCS(=O)CC2)c1[N+](=O)[O-]. The van der Waals surface area contributed by atoms with Gasteiger partial charge in [-0.2, -0.15) is 4.98 Å². The number of anilines is 1. The predicted octanol–water partition coefficient (Wildman–Crippen LogP) is 1.73. The summed E-state index contributed by atoms with van der Waals surface area (Å²) in [6.07, 6.45) is 0. The minimum atomic E-state index is -0.859. The summed E-state index contributed by atoms with van der Waals surface area (Å²) in [7, 11) is -0.859. The van der Waals surface area contributed by atoms with Crippen molar-refractivity contribution < 1.29 is 9.13 Å². The quantitative estimate of drug-likeness (QED) is 0.479. The van der Waals surface area contributed by atoms with E-state index in [2.05, 4.69) is 9.97 Å². The summed E-state index contributed by atoms with van der Waals surface area (Å²) >= 11 is 5.89. The van der Waals surface area contributed by atoms with Gasteiger partial charge in [0, 0.05) is 41.3 Å². The van der Waals surface area contributed by atoms with Crippen molar-refractivity contribution >= 4 is 33.9 Å². The maximum atomic E-state index is 11.4. The summed E-state index contributed by atoms with van der Waals surface area (Å²) in [6.45, 7) is 4.58. The number of hydrogen-bond acceptors (Lipinski definition) is 6. The summed E-state index contributed by atoms with van der Waals surface area (Å²) in [6, 6.07) is 0. The topological polar surface area (TPSA) is 89.2 Å². The molecule has 0 aromatic carbocycles. The van der Waals surface area contributed by atoms with Crippen LogP contribution in [0.5, 0.6) is 0 Å². The smallest absolute Gasteiger partial charge is 0.333 e. The molecular weight excluding hydrogens is 304 g/mol. The highest BCUT2D eigenvalue weighted by atomic mass is 35.5. The number of nitro groups is 1. The lowest BCUT2D eigenvalue weighted by atomic mass is 10.1. The molecule has 1 aliphatic heterocycles. The van der Waals surface area contributed by atoms with E-state index in [1.54, 1.807) is 4.90 Å². The molecule has 2 heterocycles. The Hall–Kier alpha value is -1.28. The molecule has 1 fully saturated rings. The highest BCUT2D eigenvalue weighted by Gasteiger charge is 2.31. The summed E-state index contributed by atoms with van der Waals surface area (Å²) in [5.41, 5.74) is 0.230. The predicted molar refractivity (Wildman–Crippen MR) is 77.9 cm³/mol. The van der Waals surface area contributed by atoms with Gasteiger partial charge in [-0.05, 0) is 11.6 Å². The fourth-order valence-electron chi connectivity index (χ4n) is 2.08. The van der Waals surface area contributed by atoms with Crippen LogP contribution in [-0.2, 0) is 10.8 Å². The van der Waals surface area contributed by atoms with Crippen LogP contribution in [0.15, 0.2) is 0 Å². The Morgan fingerprint density at radius 3 is 2.45 bits per heavy atom. The van der Waals surface area contributed by atoms with E-state index in [9.17, 15) is 14.3 Å². The third kappa shape index (κ3) is 3.06. The summed E-state index contributed by atoms with van der Waals surface area (Å²) in [5.74, 6) is 1.06. The van der Waals surface area contributed by atoms with Crippen LogP contribution in [0.1, 0.15) is 25.5 Å². The maximum absolute atomic E-state index is 11.4. The van der Waals surface area contributed by atoms with E-state index in [1.165, 1.54) is 0 Å². The van der Waals surface area contributed by atoms with Gasteiger partial charge < -0.3 is 4.90 Å². The molecule has 0 saturated carbocycles. The Morgan fingerprint density at radius 2 is 1.95 bits per heavy atom. The molecular formula is C11H15ClN4O3S. The van der Waals surface area contributed by atoms with Crippen LogP contribution < -0.4 is 4.90 Å². The molecule has 0 N–H and O–H groups in total. The number of aromatic nitrogens is 2. The van der Waals surface area contributed by atoms with Crippen molar-refractivity contribution in [1.29, 1.82) is 0 Å². The molecule has 110 valence electrons. The molecule has 2 rings (SSSR count). The molecule has 0 atom stereocenters. The molecule has 1 aliphatic rings. The third-order valence-electron chi connectivity index (χ3n) is 3.07. The fraction of sp³-hybridized carbons (Fsp3) is 0.636. The zero-order chi connectivity index (χ0) is 14.9. The first kappa shape index (κ1) is 15.1. The van der Waals surface area contributed by atoms with Gasteiger partial charge >= 0.3 is 5.69 Å². The minimum absolute atomic E-state index is 0.000922. The van der Waals surface area contributed by atoms with E-state index in [1.807, 2.05) is 13.8 Å². The third-order valence-corrected chi connectivity index (χ3v) is 4.52. The van der Waals surface area contributed by atoms with Crippen LogP contribution >= 0.6 is 11.6 Å². The molecule has 0 amide bonds. The van der Waals surface area contributed by atoms with Crippen LogP contribution in [0.25, 0.3) is 0 Å². The molecule has 7 nitrogen and oxygen atoms in total.